The molecule has 12 heavy (non-hydrogen) atoms. The van der Waals surface area contributed by atoms with Crippen LogP contribution in [-0.2, 0) is 17.7 Å². The highest BCUT2D eigenvalue weighted by Gasteiger charge is 2.44. The van der Waals surface area contributed by atoms with E-state index >= 15 is 0 Å². The van der Waals surface area contributed by atoms with Gasteiger partial charge in [0.2, 0.25) is 0 Å². The molecule has 0 aliphatic heterocycles. The van der Waals surface area contributed by atoms with Gasteiger partial charge in [0.25, 0.3) is 0 Å². The Balaban J connectivity index is 4.06. The van der Waals surface area contributed by atoms with Gasteiger partial charge in [-0.3, -0.25) is 0 Å². The Bertz CT molecular complexity index is 92.6. The standard InChI is InChI=1S/C4H12O7Si/c1-8-12(9-2-5,10-3-6)11-4-7/h5-7H,2-4H2,1H3. The monoisotopic (exact) mass is 200 g/mol. The molecule has 0 heterocycles. The van der Waals surface area contributed by atoms with Gasteiger partial charge in [0.05, 0.1) is 0 Å². The van der Waals surface area contributed by atoms with Crippen LogP contribution < -0.4 is 0 Å². The second kappa shape index (κ2) is 6.45. The predicted octanol–water partition coefficient (Wildman–Crippen LogP) is -2.03. The van der Waals surface area contributed by atoms with Crippen molar-refractivity contribution in [3.05, 3.63) is 0 Å². The van der Waals surface area contributed by atoms with Gasteiger partial charge in [-0.05, 0) is 0 Å². The van der Waals surface area contributed by atoms with E-state index in [0.29, 0.717) is 0 Å². The van der Waals surface area contributed by atoms with Crippen LogP contribution in [0, 0.1) is 0 Å². The first-order chi connectivity index (χ1) is 5.74. The smallest absolute Gasteiger partial charge is 0.371 e. The second-order valence-corrected chi connectivity index (χ2v) is 3.80. The van der Waals surface area contributed by atoms with Crippen LogP contribution in [0.4, 0.5) is 0 Å². The van der Waals surface area contributed by atoms with Gasteiger partial charge in [-0.15, -0.1) is 0 Å². The number of hydrogen-bond donors (Lipinski definition) is 3. The quantitative estimate of drug-likeness (QED) is 0.322. The molecule has 0 radical (unpaired) electrons. The molecule has 0 fully saturated rings. The van der Waals surface area contributed by atoms with E-state index in [2.05, 4.69) is 17.7 Å². The maximum absolute atomic E-state index is 8.40. The third-order valence-corrected chi connectivity index (χ3v) is 2.92. The lowest BCUT2D eigenvalue weighted by Crippen LogP contribution is -2.49. The van der Waals surface area contributed by atoms with Crippen LogP contribution in [0.15, 0.2) is 0 Å². The molecule has 0 aromatic rings. The van der Waals surface area contributed by atoms with E-state index in [0.717, 1.165) is 0 Å². The zero-order valence-electron chi connectivity index (χ0n) is 6.60. The molecule has 3 N–H and O–H groups in total. The largest absolute Gasteiger partial charge is 0.684 e. The normalized spacial score (nSPS) is 12.0. The fourth-order valence-electron chi connectivity index (χ4n) is 0.539. The minimum Gasteiger partial charge on any atom is -0.371 e. The minimum atomic E-state index is -3.52. The van der Waals surface area contributed by atoms with E-state index in [1.165, 1.54) is 7.11 Å². The first kappa shape index (κ1) is 11.9. The molecular weight excluding hydrogens is 188 g/mol. The topological polar surface area (TPSA) is 97.6 Å². The van der Waals surface area contributed by atoms with Crippen molar-refractivity contribution >= 4 is 9.05 Å². The molecule has 0 bridgehead atoms. The highest BCUT2D eigenvalue weighted by molar-refractivity contribution is 6.53. The number of aliphatic hydroxyl groups excluding tert-OH is 3. The molecule has 0 aliphatic rings. The van der Waals surface area contributed by atoms with Crippen molar-refractivity contribution in [3.63, 3.8) is 0 Å². The number of hydrogen-bond acceptors (Lipinski definition) is 7. The molecule has 7 nitrogen and oxygen atoms in total. The van der Waals surface area contributed by atoms with Crippen molar-refractivity contribution in [2.75, 3.05) is 27.5 Å². The lowest BCUT2D eigenvalue weighted by atomic mass is 11.6. The first-order valence-electron chi connectivity index (χ1n) is 3.04. The third kappa shape index (κ3) is 3.56. The third-order valence-electron chi connectivity index (χ3n) is 0.974. The fraction of sp³-hybridized carbons (Fsp3) is 1.00. The average molecular weight is 200 g/mol. The zero-order valence-corrected chi connectivity index (χ0v) is 7.60. The highest BCUT2D eigenvalue weighted by atomic mass is 28.4. The summed E-state index contributed by atoms with van der Waals surface area (Å²) in [7, 11) is -2.30. The van der Waals surface area contributed by atoms with Crippen molar-refractivity contribution in [3.8, 4) is 0 Å². The van der Waals surface area contributed by atoms with E-state index in [-0.39, 0.29) is 0 Å². The van der Waals surface area contributed by atoms with E-state index in [1.54, 1.807) is 0 Å². The van der Waals surface area contributed by atoms with E-state index in [9.17, 15) is 0 Å². The molecule has 0 amide bonds. The second-order valence-electron chi connectivity index (χ2n) is 1.52. The van der Waals surface area contributed by atoms with E-state index in [1.807, 2.05) is 0 Å². The molecule has 0 spiro atoms. The molecule has 0 unspecified atom stereocenters. The first-order valence-corrected chi connectivity index (χ1v) is 4.67. The summed E-state index contributed by atoms with van der Waals surface area (Å²) in [6, 6.07) is 0. The number of aliphatic hydroxyl groups is 3. The summed E-state index contributed by atoms with van der Waals surface area (Å²) < 4.78 is 18.4. The minimum absolute atomic E-state index is 0.680. The molecule has 74 valence electrons. The van der Waals surface area contributed by atoms with Crippen LogP contribution >= 0.6 is 0 Å². The molecular formula is C4H12O7Si. The molecule has 0 saturated carbocycles. The van der Waals surface area contributed by atoms with Crippen molar-refractivity contribution in [1.29, 1.82) is 0 Å². The van der Waals surface area contributed by atoms with Gasteiger partial charge >= 0.3 is 9.05 Å². The molecule has 0 aromatic heterocycles. The van der Waals surface area contributed by atoms with E-state index in [4.69, 9.17) is 15.3 Å². The maximum atomic E-state index is 8.40. The Morgan fingerprint density at radius 2 is 1.25 bits per heavy atom. The molecule has 0 saturated heterocycles. The SMILES string of the molecule is CO[Si](OCO)(OCO)OCO. The Morgan fingerprint density at radius 1 is 0.917 bits per heavy atom. The molecule has 0 atom stereocenters. The summed E-state index contributed by atoms with van der Waals surface area (Å²) in [6.07, 6.45) is 0. The predicted molar refractivity (Wildman–Crippen MR) is 37.3 cm³/mol. The lowest BCUT2D eigenvalue weighted by molar-refractivity contribution is -0.110. The van der Waals surface area contributed by atoms with Crippen LogP contribution in [0.3, 0.4) is 0 Å². The van der Waals surface area contributed by atoms with Gasteiger partial charge in [0, 0.05) is 7.11 Å². The summed E-state index contributed by atoms with van der Waals surface area (Å²) in [6.45, 7) is -2.04. The van der Waals surface area contributed by atoms with Crippen molar-refractivity contribution in [2.24, 2.45) is 0 Å². The maximum Gasteiger partial charge on any atom is 0.684 e. The van der Waals surface area contributed by atoms with Gasteiger partial charge in [0.1, 0.15) is 20.4 Å². The van der Waals surface area contributed by atoms with Gasteiger partial charge in [-0.25, -0.2) is 0 Å². The van der Waals surface area contributed by atoms with Crippen LogP contribution in [0.5, 0.6) is 0 Å². The van der Waals surface area contributed by atoms with Crippen molar-refractivity contribution in [2.45, 2.75) is 0 Å². The van der Waals surface area contributed by atoms with Gasteiger partial charge in [-0.2, -0.15) is 0 Å². The Labute approximate surface area is 70.5 Å². The Hall–Kier alpha value is -0.0631. The Morgan fingerprint density at radius 3 is 1.42 bits per heavy atom. The van der Waals surface area contributed by atoms with Gasteiger partial charge in [0.15, 0.2) is 0 Å². The fourth-order valence-corrected chi connectivity index (χ4v) is 1.62. The average Bonchev–Trinajstić information content (AvgIpc) is 2.06. The van der Waals surface area contributed by atoms with Crippen LogP contribution in [-0.4, -0.2) is 51.9 Å². The highest BCUT2D eigenvalue weighted by Crippen LogP contribution is 2.08. The molecule has 0 aliphatic carbocycles. The summed E-state index contributed by atoms with van der Waals surface area (Å²) in [5.74, 6) is 0. The summed E-state index contributed by atoms with van der Waals surface area (Å²) in [5.41, 5.74) is 0. The Kier molecular flexibility index (Phi) is 6.42. The lowest BCUT2D eigenvalue weighted by Gasteiger charge is -2.23. The van der Waals surface area contributed by atoms with Crippen LogP contribution in [0.1, 0.15) is 0 Å². The summed E-state index contributed by atoms with van der Waals surface area (Å²) in [4.78, 5) is 0. The van der Waals surface area contributed by atoms with Crippen molar-refractivity contribution in [1.82, 2.24) is 0 Å². The van der Waals surface area contributed by atoms with Crippen LogP contribution in [0.2, 0.25) is 0 Å². The summed E-state index contributed by atoms with van der Waals surface area (Å²) >= 11 is 0. The van der Waals surface area contributed by atoms with Gasteiger partial charge < -0.3 is 33.0 Å². The summed E-state index contributed by atoms with van der Waals surface area (Å²) in [5, 5.41) is 25.2. The van der Waals surface area contributed by atoms with Crippen LogP contribution in [0.25, 0.3) is 0 Å². The zero-order chi connectivity index (χ0) is 9.45. The van der Waals surface area contributed by atoms with Gasteiger partial charge in [-0.1, -0.05) is 0 Å². The molecule has 0 rings (SSSR count). The molecule has 0 aromatic carbocycles. The molecule has 8 heteroatoms. The van der Waals surface area contributed by atoms with Crippen molar-refractivity contribution < 1.29 is 33.0 Å². The van der Waals surface area contributed by atoms with E-state index < -0.39 is 29.4 Å². The number of rotatable bonds is 7.